The number of rotatable bonds is 2. The van der Waals surface area contributed by atoms with Crippen LogP contribution in [0.5, 0.6) is 0 Å². The first-order valence-electron chi connectivity index (χ1n) is 7.01. The molecule has 1 aromatic carbocycles. The Labute approximate surface area is 118 Å². The van der Waals surface area contributed by atoms with Gasteiger partial charge in [0.25, 0.3) is 0 Å². The fraction of sp³-hybridized carbons (Fsp3) is 0.533. The number of nitrogens with zero attached hydrogens (tertiary/aromatic N) is 2. The summed E-state index contributed by atoms with van der Waals surface area (Å²) in [7, 11) is 0. The maximum absolute atomic E-state index is 6.25. The molecule has 4 heteroatoms. The normalized spacial score (nSPS) is 23.6. The molecule has 0 aliphatic heterocycles. The predicted octanol–water partition coefficient (Wildman–Crippen LogP) is 3.87. The monoisotopic (exact) mass is 277 g/mol. The largest absolute Gasteiger partial charge is 0.327 e. The molecule has 2 unspecified atom stereocenters. The molecule has 0 radical (unpaired) electrons. The van der Waals surface area contributed by atoms with Crippen LogP contribution in [0.25, 0.3) is 11.0 Å². The molecular formula is C15H20ClN3. The Bertz CT molecular complexity index is 603. The van der Waals surface area contributed by atoms with Crippen molar-refractivity contribution in [1.29, 1.82) is 0 Å². The molecule has 1 fully saturated rings. The predicted molar refractivity (Wildman–Crippen MR) is 79.7 cm³/mol. The number of aromatic nitrogens is 2. The van der Waals surface area contributed by atoms with E-state index < -0.39 is 0 Å². The van der Waals surface area contributed by atoms with Crippen molar-refractivity contribution in [2.75, 3.05) is 0 Å². The van der Waals surface area contributed by atoms with E-state index >= 15 is 0 Å². The Hall–Kier alpha value is -1.06. The van der Waals surface area contributed by atoms with E-state index in [-0.39, 0.29) is 6.04 Å². The molecule has 2 atom stereocenters. The average molecular weight is 278 g/mol. The van der Waals surface area contributed by atoms with Gasteiger partial charge in [-0.15, -0.1) is 0 Å². The summed E-state index contributed by atoms with van der Waals surface area (Å²) in [5, 5.41) is 0.761. The summed E-state index contributed by atoms with van der Waals surface area (Å²) in [6, 6.07) is 6.52. The standard InChI is InChI=1S/C15H20ClN3/c1-9(2)19-14-8-10(16)6-7-13(14)18-15(19)11-4-3-5-12(11)17/h6-9,11-12H,3-5,17H2,1-2H3. The number of imidazole rings is 1. The smallest absolute Gasteiger partial charge is 0.114 e. The van der Waals surface area contributed by atoms with Crippen molar-refractivity contribution in [2.45, 2.75) is 51.1 Å². The van der Waals surface area contributed by atoms with Gasteiger partial charge in [-0.2, -0.15) is 0 Å². The summed E-state index contributed by atoms with van der Waals surface area (Å²) in [6.07, 6.45) is 3.45. The van der Waals surface area contributed by atoms with Crippen LogP contribution >= 0.6 is 11.6 Å². The Morgan fingerprint density at radius 1 is 1.37 bits per heavy atom. The number of hydrogen-bond acceptors (Lipinski definition) is 2. The third-order valence-electron chi connectivity index (χ3n) is 4.10. The summed E-state index contributed by atoms with van der Waals surface area (Å²) in [6.45, 7) is 4.37. The zero-order valence-electron chi connectivity index (χ0n) is 11.4. The molecule has 1 aliphatic rings. The quantitative estimate of drug-likeness (QED) is 0.906. The summed E-state index contributed by atoms with van der Waals surface area (Å²) >= 11 is 6.13. The van der Waals surface area contributed by atoms with Crippen molar-refractivity contribution in [3.8, 4) is 0 Å². The molecule has 3 nitrogen and oxygen atoms in total. The maximum Gasteiger partial charge on any atom is 0.114 e. The first-order chi connectivity index (χ1) is 9.08. The molecule has 2 N–H and O–H groups in total. The van der Waals surface area contributed by atoms with E-state index in [0.29, 0.717) is 12.0 Å². The molecular weight excluding hydrogens is 258 g/mol. The molecule has 102 valence electrons. The molecule has 1 saturated carbocycles. The molecule has 1 heterocycles. The Morgan fingerprint density at radius 2 is 2.16 bits per heavy atom. The Morgan fingerprint density at radius 3 is 2.79 bits per heavy atom. The van der Waals surface area contributed by atoms with Gasteiger partial charge in [0.05, 0.1) is 11.0 Å². The molecule has 0 amide bonds. The van der Waals surface area contributed by atoms with Crippen LogP contribution in [0.3, 0.4) is 0 Å². The number of hydrogen-bond donors (Lipinski definition) is 1. The van der Waals surface area contributed by atoms with Crippen LogP contribution in [0.1, 0.15) is 50.9 Å². The van der Waals surface area contributed by atoms with Crippen LogP contribution in [-0.2, 0) is 0 Å². The third kappa shape index (κ3) is 2.15. The number of nitrogens with two attached hydrogens (primary N) is 1. The number of fused-ring (bicyclic) bond motifs is 1. The highest BCUT2D eigenvalue weighted by atomic mass is 35.5. The van der Waals surface area contributed by atoms with Gasteiger partial charge >= 0.3 is 0 Å². The Kier molecular flexibility index (Phi) is 3.27. The van der Waals surface area contributed by atoms with Gasteiger partial charge in [-0.05, 0) is 44.9 Å². The van der Waals surface area contributed by atoms with E-state index in [1.807, 2.05) is 18.2 Å². The lowest BCUT2D eigenvalue weighted by atomic mass is 10.0. The Balaban J connectivity index is 2.20. The van der Waals surface area contributed by atoms with Gasteiger partial charge in [0.2, 0.25) is 0 Å². The van der Waals surface area contributed by atoms with Crippen molar-refractivity contribution < 1.29 is 0 Å². The fourth-order valence-corrected chi connectivity index (χ4v) is 3.36. The van der Waals surface area contributed by atoms with Gasteiger partial charge in [-0.3, -0.25) is 0 Å². The van der Waals surface area contributed by atoms with E-state index in [1.165, 1.54) is 6.42 Å². The van der Waals surface area contributed by atoms with Crippen LogP contribution in [0.2, 0.25) is 5.02 Å². The first-order valence-corrected chi connectivity index (χ1v) is 7.38. The van der Waals surface area contributed by atoms with Gasteiger partial charge in [0, 0.05) is 23.0 Å². The average Bonchev–Trinajstić information content (AvgIpc) is 2.91. The summed E-state index contributed by atoms with van der Waals surface area (Å²) in [5.41, 5.74) is 8.39. The van der Waals surface area contributed by atoms with Crippen LogP contribution in [0.4, 0.5) is 0 Å². The second kappa shape index (κ2) is 4.80. The third-order valence-corrected chi connectivity index (χ3v) is 4.33. The molecule has 0 saturated heterocycles. The van der Waals surface area contributed by atoms with Crippen LogP contribution < -0.4 is 5.73 Å². The molecule has 0 spiro atoms. The van der Waals surface area contributed by atoms with Gasteiger partial charge in [-0.25, -0.2) is 4.98 Å². The van der Waals surface area contributed by atoms with Crippen LogP contribution in [0.15, 0.2) is 18.2 Å². The topological polar surface area (TPSA) is 43.8 Å². The minimum absolute atomic E-state index is 0.241. The lowest BCUT2D eigenvalue weighted by Crippen LogP contribution is -2.25. The van der Waals surface area contributed by atoms with Crippen molar-refractivity contribution in [3.63, 3.8) is 0 Å². The van der Waals surface area contributed by atoms with E-state index in [0.717, 1.165) is 34.7 Å². The van der Waals surface area contributed by atoms with Crippen molar-refractivity contribution in [1.82, 2.24) is 9.55 Å². The second-order valence-electron chi connectivity index (χ2n) is 5.77. The highest BCUT2D eigenvalue weighted by molar-refractivity contribution is 6.31. The van der Waals surface area contributed by atoms with Crippen molar-refractivity contribution in [3.05, 3.63) is 29.0 Å². The first kappa shape index (κ1) is 12.9. The summed E-state index contributed by atoms with van der Waals surface area (Å²) in [5.74, 6) is 1.52. The van der Waals surface area contributed by atoms with Gasteiger partial charge in [-0.1, -0.05) is 18.0 Å². The molecule has 2 aromatic rings. The SMILES string of the molecule is CC(C)n1c(C2CCCC2N)nc2ccc(Cl)cc21. The molecule has 19 heavy (non-hydrogen) atoms. The highest BCUT2D eigenvalue weighted by Gasteiger charge is 2.30. The second-order valence-corrected chi connectivity index (χ2v) is 6.20. The maximum atomic E-state index is 6.25. The molecule has 0 bridgehead atoms. The lowest BCUT2D eigenvalue weighted by Gasteiger charge is -2.20. The summed E-state index contributed by atoms with van der Waals surface area (Å²) < 4.78 is 2.30. The lowest BCUT2D eigenvalue weighted by molar-refractivity contribution is 0.510. The van der Waals surface area contributed by atoms with E-state index in [1.54, 1.807) is 0 Å². The van der Waals surface area contributed by atoms with E-state index in [4.69, 9.17) is 22.3 Å². The van der Waals surface area contributed by atoms with Crippen molar-refractivity contribution in [2.24, 2.45) is 5.73 Å². The zero-order valence-corrected chi connectivity index (χ0v) is 12.2. The molecule has 1 aliphatic carbocycles. The molecule has 1 aromatic heterocycles. The zero-order chi connectivity index (χ0) is 13.6. The van der Waals surface area contributed by atoms with E-state index in [9.17, 15) is 0 Å². The summed E-state index contributed by atoms with van der Waals surface area (Å²) in [4.78, 5) is 4.83. The fourth-order valence-electron chi connectivity index (χ4n) is 3.20. The highest BCUT2D eigenvalue weighted by Crippen LogP contribution is 2.36. The van der Waals surface area contributed by atoms with Gasteiger partial charge < -0.3 is 10.3 Å². The van der Waals surface area contributed by atoms with Crippen LogP contribution in [-0.4, -0.2) is 15.6 Å². The van der Waals surface area contributed by atoms with Crippen LogP contribution in [0, 0.1) is 0 Å². The van der Waals surface area contributed by atoms with Gasteiger partial charge in [0.15, 0.2) is 0 Å². The van der Waals surface area contributed by atoms with Crippen molar-refractivity contribution >= 4 is 22.6 Å². The van der Waals surface area contributed by atoms with Gasteiger partial charge in [0.1, 0.15) is 5.82 Å². The minimum Gasteiger partial charge on any atom is -0.327 e. The number of benzene rings is 1. The number of halogens is 1. The molecule has 3 rings (SSSR count). The van der Waals surface area contributed by atoms with E-state index in [2.05, 4.69) is 18.4 Å². The minimum atomic E-state index is 0.241.